The Hall–Kier alpha value is -2.10. The standard InChI is InChI=1S/C15H17N3O/c1-12(19)17-7-9-18(10-8-17)14-4-5-15-13(11-14)3-2-6-16-15/h2-6,11H,7-10H2,1H3. The van der Waals surface area contributed by atoms with Gasteiger partial charge in [-0.25, -0.2) is 0 Å². The molecule has 0 atom stereocenters. The lowest BCUT2D eigenvalue weighted by atomic mass is 10.1. The number of amides is 1. The normalized spacial score (nSPS) is 15.8. The van der Waals surface area contributed by atoms with Crippen LogP contribution in [0, 0.1) is 0 Å². The molecule has 1 saturated heterocycles. The van der Waals surface area contributed by atoms with Gasteiger partial charge in [-0.05, 0) is 24.3 Å². The number of carbonyl (C=O) groups is 1. The van der Waals surface area contributed by atoms with E-state index in [1.165, 1.54) is 5.69 Å². The van der Waals surface area contributed by atoms with Crippen LogP contribution in [-0.2, 0) is 4.79 Å². The average molecular weight is 255 g/mol. The van der Waals surface area contributed by atoms with Crippen molar-refractivity contribution in [3.05, 3.63) is 36.5 Å². The number of hydrogen-bond acceptors (Lipinski definition) is 3. The zero-order valence-corrected chi connectivity index (χ0v) is 11.0. The minimum atomic E-state index is 0.169. The number of benzene rings is 1. The third kappa shape index (κ3) is 2.38. The van der Waals surface area contributed by atoms with Crippen LogP contribution in [0.3, 0.4) is 0 Å². The SMILES string of the molecule is CC(=O)N1CCN(c2ccc3ncccc3c2)CC1. The number of hydrogen-bond donors (Lipinski definition) is 0. The number of anilines is 1. The van der Waals surface area contributed by atoms with Crippen LogP contribution in [0.4, 0.5) is 5.69 Å². The van der Waals surface area contributed by atoms with Crippen LogP contribution in [0.25, 0.3) is 10.9 Å². The molecule has 3 rings (SSSR count). The zero-order chi connectivity index (χ0) is 13.2. The van der Waals surface area contributed by atoms with Crippen molar-refractivity contribution in [1.29, 1.82) is 0 Å². The number of pyridine rings is 1. The van der Waals surface area contributed by atoms with E-state index in [1.807, 2.05) is 17.2 Å². The molecule has 1 aliphatic heterocycles. The monoisotopic (exact) mass is 255 g/mol. The Morgan fingerprint density at radius 1 is 1.16 bits per heavy atom. The summed E-state index contributed by atoms with van der Waals surface area (Å²) in [5.41, 5.74) is 2.23. The van der Waals surface area contributed by atoms with Crippen LogP contribution in [0.5, 0.6) is 0 Å². The molecule has 0 aliphatic carbocycles. The van der Waals surface area contributed by atoms with Crippen molar-refractivity contribution in [1.82, 2.24) is 9.88 Å². The van der Waals surface area contributed by atoms with E-state index in [1.54, 1.807) is 6.92 Å². The molecule has 1 aromatic heterocycles. The van der Waals surface area contributed by atoms with Gasteiger partial charge in [0.15, 0.2) is 0 Å². The summed E-state index contributed by atoms with van der Waals surface area (Å²) in [6, 6.07) is 10.4. The van der Waals surface area contributed by atoms with E-state index in [0.29, 0.717) is 0 Å². The highest BCUT2D eigenvalue weighted by molar-refractivity contribution is 5.82. The molecule has 0 radical (unpaired) electrons. The summed E-state index contributed by atoms with van der Waals surface area (Å²) in [4.78, 5) is 19.9. The maximum Gasteiger partial charge on any atom is 0.219 e. The number of aromatic nitrogens is 1. The van der Waals surface area contributed by atoms with Crippen molar-refractivity contribution in [2.45, 2.75) is 6.92 Å². The first kappa shape index (κ1) is 12.0. The van der Waals surface area contributed by atoms with E-state index in [9.17, 15) is 4.79 Å². The Balaban J connectivity index is 1.80. The van der Waals surface area contributed by atoms with Crippen molar-refractivity contribution in [2.24, 2.45) is 0 Å². The van der Waals surface area contributed by atoms with E-state index in [0.717, 1.165) is 37.1 Å². The molecule has 0 unspecified atom stereocenters. The summed E-state index contributed by atoms with van der Waals surface area (Å²) in [6.07, 6.45) is 1.81. The second kappa shape index (κ2) is 4.88. The zero-order valence-electron chi connectivity index (χ0n) is 11.0. The van der Waals surface area contributed by atoms with Gasteiger partial charge in [-0.2, -0.15) is 0 Å². The summed E-state index contributed by atoms with van der Waals surface area (Å²) >= 11 is 0. The van der Waals surface area contributed by atoms with Crippen LogP contribution < -0.4 is 4.90 Å². The number of nitrogens with zero attached hydrogens (tertiary/aromatic N) is 3. The number of carbonyl (C=O) groups excluding carboxylic acids is 1. The van der Waals surface area contributed by atoms with Crippen molar-refractivity contribution >= 4 is 22.5 Å². The fourth-order valence-electron chi connectivity index (χ4n) is 2.54. The van der Waals surface area contributed by atoms with Crippen molar-refractivity contribution < 1.29 is 4.79 Å². The fraction of sp³-hybridized carbons (Fsp3) is 0.333. The lowest BCUT2D eigenvalue weighted by Crippen LogP contribution is -2.48. The Morgan fingerprint density at radius 2 is 1.95 bits per heavy atom. The molecule has 1 fully saturated rings. The third-order valence-electron chi connectivity index (χ3n) is 3.68. The summed E-state index contributed by atoms with van der Waals surface area (Å²) in [5, 5.41) is 1.16. The smallest absolute Gasteiger partial charge is 0.219 e. The van der Waals surface area contributed by atoms with E-state index < -0.39 is 0 Å². The summed E-state index contributed by atoms with van der Waals surface area (Å²) in [7, 11) is 0. The van der Waals surface area contributed by atoms with Gasteiger partial charge in [0, 0.05) is 50.4 Å². The molecular weight excluding hydrogens is 238 g/mol. The van der Waals surface area contributed by atoms with E-state index >= 15 is 0 Å². The molecule has 1 aromatic carbocycles. The molecule has 1 amide bonds. The molecule has 0 saturated carbocycles. The van der Waals surface area contributed by atoms with Gasteiger partial charge in [0.2, 0.25) is 5.91 Å². The van der Waals surface area contributed by atoms with Crippen LogP contribution >= 0.6 is 0 Å². The van der Waals surface area contributed by atoms with Gasteiger partial charge in [-0.1, -0.05) is 6.07 Å². The van der Waals surface area contributed by atoms with Gasteiger partial charge >= 0.3 is 0 Å². The molecule has 4 heteroatoms. The average Bonchev–Trinajstić information content (AvgIpc) is 2.47. The summed E-state index contributed by atoms with van der Waals surface area (Å²) < 4.78 is 0. The molecular formula is C15H17N3O. The minimum absolute atomic E-state index is 0.169. The maximum absolute atomic E-state index is 11.3. The number of piperazine rings is 1. The highest BCUT2D eigenvalue weighted by atomic mass is 16.2. The van der Waals surface area contributed by atoms with E-state index in [-0.39, 0.29) is 5.91 Å². The number of rotatable bonds is 1. The highest BCUT2D eigenvalue weighted by Gasteiger charge is 2.18. The van der Waals surface area contributed by atoms with Gasteiger partial charge in [0.05, 0.1) is 5.52 Å². The van der Waals surface area contributed by atoms with Gasteiger partial charge in [0.25, 0.3) is 0 Å². The van der Waals surface area contributed by atoms with Crippen LogP contribution in [0.2, 0.25) is 0 Å². The van der Waals surface area contributed by atoms with Crippen LogP contribution in [0.15, 0.2) is 36.5 Å². The molecule has 0 N–H and O–H groups in total. The lowest BCUT2D eigenvalue weighted by molar-refractivity contribution is -0.129. The molecule has 0 bridgehead atoms. The molecule has 0 spiro atoms. The second-order valence-electron chi connectivity index (χ2n) is 4.87. The largest absolute Gasteiger partial charge is 0.368 e. The minimum Gasteiger partial charge on any atom is -0.368 e. The second-order valence-corrected chi connectivity index (χ2v) is 4.87. The molecule has 2 heterocycles. The Morgan fingerprint density at radius 3 is 2.68 bits per heavy atom. The predicted molar refractivity (Wildman–Crippen MR) is 76.2 cm³/mol. The fourth-order valence-corrected chi connectivity index (χ4v) is 2.54. The van der Waals surface area contributed by atoms with Crippen LogP contribution in [0.1, 0.15) is 6.92 Å². The van der Waals surface area contributed by atoms with Gasteiger partial charge < -0.3 is 9.80 Å². The number of fused-ring (bicyclic) bond motifs is 1. The van der Waals surface area contributed by atoms with Gasteiger partial charge in [-0.3, -0.25) is 9.78 Å². The summed E-state index contributed by atoms with van der Waals surface area (Å²) in [6.45, 7) is 5.04. The Kier molecular flexibility index (Phi) is 3.07. The maximum atomic E-state index is 11.3. The lowest BCUT2D eigenvalue weighted by Gasteiger charge is -2.35. The topological polar surface area (TPSA) is 36.4 Å². The first-order valence-electron chi connectivity index (χ1n) is 6.59. The van der Waals surface area contributed by atoms with Crippen molar-refractivity contribution in [3.63, 3.8) is 0 Å². The van der Waals surface area contributed by atoms with Crippen LogP contribution in [-0.4, -0.2) is 42.0 Å². The Bertz CT molecular complexity index is 603. The Labute approximate surface area is 112 Å². The van der Waals surface area contributed by atoms with Gasteiger partial charge in [-0.15, -0.1) is 0 Å². The quantitative estimate of drug-likeness (QED) is 0.781. The molecule has 4 nitrogen and oxygen atoms in total. The van der Waals surface area contributed by atoms with E-state index in [2.05, 4.69) is 34.1 Å². The van der Waals surface area contributed by atoms with Gasteiger partial charge in [0.1, 0.15) is 0 Å². The van der Waals surface area contributed by atoms with E-state index in [4.69, 9.17) is 0 Å². The summed E-state index contributed by atoms with van der Waals surface area (Å²) in [5.74, 6) is 0.169. The predicted octanol–water partition coefficient (Wildman–Crippen LogP) is 1.90. The third-order valence-corrected chi connectivity index (χ3v) is 3.68. The molecule has 2 aromatic rings. The molecule has 19 heavy (non-hydrogen) atoms. The van der Waals surface area contributed by atoms with Crippen molar-refractivity contribution in [3.8, 4) is 0 Å². The first-order valence-corrected chi connectivity index (χ1v) is 6.59. The van der Waals surface area contributed by atoms with Crippen molar-refractivity contribution in [2.75, 3.05) is 31.1 Å². The molecule has 1 aliphatic rings. The highest BCUT2D eigenvalue weighted by Crippen LogP contribution is 2.21. The first-order chi connectivity index (χ1) is 9.24. The molecule has 98 valence electrons.